The van der Waals surface area contributed by atoms with Crippen LogP contribution >= 0.6 is 0 Å². The van der Waals surface area contributed by atoms with E-state index in [-0.39, 0.29) is 5.69 Å². The van der Waals surface area contributed by atoms with Gasteiger partial charge in [0.2, 0.25) is 0 Å². The lowest BCUT2D eigenvalue weighted by Gasteiger charge is -2.29. The molecule has 1 heterocycles. The van der Waals surface area contributed by atoms with Crippen LogP contribution in [0.1, 0.15) is 46.1 Å². The van der Waals surface area contributed by atoms with Crippen molar-refractivity contribution >= 4 is 11.7 Å². The summed E-state index contributed by atoms with van der Waals surface area (Å²) in [6.07, 6.45) is 0. The molecule has 130 valence electrons. The smallest absolute Gasteiger partial charge is 0.336 e. The first-order chi connectivity index (χ1) is 11.4. The highest BCUT2D eigenvalue weighted by atomic mass is 16.6. The monoisotopic (exact) mass is 332 g/mol. The van der Waals surface area contributed by atoms with Gasteiger partial charge in [-0.1, -0.05) is 32.0 Å². The van der Waals surface area contributed by atoms with E-state index in [2.05, 4.69) is 5.32 Å². The van der Waals surface area contributed by atoms with Gasteiger partial charge in [-0.3, -0.25) is 10.1 Å². The van der Waals surface area contributed by atoms with Crippen LogP contribution in [-0.2, 0) is 9.53 Å². The Bertz CT molecular complexity index is 705. The lowest BCUT2D eigenvalue weighted by Crippen LogP contribution is -2.28. The highest BCUT2D eigenvalue weighted by molar-refractivity contribution is 5.92. The molecule has 0 bridgehead atoms. The van der Waals surface area contributed by atoms with E-state index in [0.717, 1.165) is 11.3 Å². The number of dihydropyridines is 1. The summed E-state index contributed by atoms with van der Waals surface area (Å²) >= 11 is 0. The Balaban J connectivity index is 0.00000139. The number of methoxy groups -OCH3 is 1. The van der Waals surface area contributed by atoms with Crippen molar-refractivity contribution in [2.24, 2.45) is 0 Å². The summed E-state index contributed by atoms with van der Waals surface area (Å²) in [6.45, 7) is 9.51. The molecule has 0 aliphatic carbocycles. The van der Waals surface area contributed by atoms with Crippen molar-refractivity contribution in [1.82, 2.24) is 5.32 Å². The second-order valence-electron chi connectivity index (χ2n) is 5.21. The van der Waals surface area contributed by atoms with Crippen LogP contribution in [0.25, 0.3) is 0 Å². The number of hydrogen-bond donors (Lipinski definition) is 1. The number of carbonyl (C=O) groups is 1. The maximum Gasteiger partial charge on any atom is 0.336 e. The molecular formula is C18H24N2O4. The average Bonchev–Trinajstić information content (AvgIpc) is 2.59. The van der Waals surface area contributed by atoms with Gasteiger partial charge in [-0.05, 0) is 26.3 Å². The molecule has 1 aliphatic rings. The van der Waals surface area contributed by atoms with Gasteiger partial charge in [-0.25, -0.2) is 4.79 Å². The molecule has 0 saturated heterocycles. The van der Waals surface area contributed by atoms with Crippen molar-refractivity contribution in [3.63, 3.8) is 0 Å². The van der Waals surface area contributed by atoms with Crippen LogP contribution in [0.15, 0.2) is 46.8 Å². The van der Waals surface area contributed by atoms with E-state index in [9.17, 15) is 14.9 Å². The van der Waals surface area contributed by atoms with Crippen molar-refractivity contribution < 1.29 is 14.5 Å². The summed E-state index contributed by atoms with van der Waals surface area (Å²) in [4.78, 5) is 23.1. The molecule has 1 aliphatic heterocycles. The number of rotatable bonds is 3. The largest absolute Gasteiger partial charge is 0.466 e. The standard InChI is InChI=1S/C16H18N2O4.C2H6/c1-9-10(2)17-11(3)15(16(19)22-4)14(9)12-7-5-6-8-13(12)18(20)21;1-2/h5-8,14,17H,1-4H3;1-2H3. The number of benzene rings is 1. The summed E-state index contributed by atoms with van der Waals surface area (Å²) in [5.41, 5.74) is 3.29. The van der Waals surface area contributed by atoms with Crippen molar-refractivity contribution in [3.05, 3.63) is 62.5 Å². The summed E-state index contributed by atoms with van der Waals surface area (Å²) < 4.78 is 4.87. The summed E-state index contributed by atoms with van der Waals surface area (Å²) in [6, 6.07) is 6.48. The Morgan fingerprint density at radius 1 is 1.17 bits per heavy atom. The number of nitrogens with one attached hydrogen (secondary N) is 1. The number of esters is 1. The van der Waals surface area contributed by atoms with Gasteiger partial charge < -0.3 is 10.1 Å². The van der Waals surface area contributed by atoms with E-state index < -0.39 is 16.8 Å². The highest BCUT2D eigenvalue weighted by Crippen LogP contribution is 2.41. The third-order valence-corrected chi connectivity index (χ3v) is 3.94. The molecule has 2 rings (SSSR count). The fourth-order valence-corrected chi connectivity index (χ4v) is 2.76. The van der Waals surface area contributed by atoms with Crippen LogP contribution in [0.2, 0.25) is 0 Å². The SMILES string of the molecule is CC.COC(=O)C1=C(C)NC(C)=C(C)C1c1ccccc1[N+](=O)[O-]. The minimum atomic E-state index is -0.490. The fourth-order valence-electron chi connectivity index (χ4n) is 2.76. The first kappa shape index (κ1) is 19.4. The average molecular weight is 332 g/mol. The van der Waals surface area contributed by atoms with Crippen LogP contribution < -0.4 is 5.32 Å². The number of ether oxygens (including phenoxy) is 1. The predicted octanol–water partition coefficient (Wildman–Crippen LogP) is 4.05. The van der Waals surface area contributed by atoms with Crippen molar-refractivity contribution in [2.75, 3.05) is 7.11 Å². The predicted molar refractivity (Wildman–Crippen MR) is 93.4 cm³/mol. The second-order valence-corrected chi connectivity index (χ2v) is 5.21. The fraction of sp³-hybridized carbons (Fsp3) is 0.389. The minimum absolute atomic E-state index is 0.00393. The molecule has 1 atom stereocenters. The lowest BCUT2D eigenvalue weighted by atomic mass is 9.80. The number of nitro benzene ring substituents is 1. The van der Waals surface area contributed by atoms with E-state index in [4.69, 9.17) is 4.74 Å². The highest BCUT2D eigenvalue weighted by Gasteiger charge is 2.35. The maximum atomic E-state index is 12.2. The van der Waals surface area contributed by atoms with Gasteiger partial charge in [0.15, 0.2) is 0 Å². The second kappa shape index (κ2) is 8.29. The van der Waals surface area contributed by atoms with E-state index in [1.54, 1.807) is 25.1 Å². The van der Waals surface area contributed by atoms with Crippen LogP contribution in [-0.4, -0.2) is 18.0 Å². The van der Waals surface area contributed by atoms with E-state index >= 15 is 0 Å². The molecule has 0 radical (unpaired) electrons. The summed E-state index contributed by atoms with van der Waals surface area (Å²) in [5, 5.41) is 14.5. The molecule has 1 N–H and O–H groups in total. The number of para-hydroxylation sites is 1. The summed E-state index contributed by atoms with van der Waals surface area (Å²) in [7, 11) is 1.31. The normalized spacial score (nSPS) is 16.8. The Hall–Kier alpha value is -2.63. The van der Waals surface area contributed by atoms with Gasteiger partial charge in [0.1, 0.15) is 0 Å². The molecule has 0 fully saturated rings. The molecule has 24 heavy (non-hydrogen) atoms. The Morgan fingerprint density at radius 2 is 1.75 bits per heavy atom. The zero-order valence-electron chi connectivity index (χ0n) is 15.0. The zero-order chi connectivity index (χ0) is 18.4. The summed E-state index contributed by atoms with van der Waals surface area (Å²) in [5.74, 6) is -0.977. The quantitative estimate of drug-likeness (QED) is 0.513. The van der Waals surface area contributed by atoms with E-state index in [0.29, 0.717) is 16.8 Å². The Kier molecular flexibility index (Phi) is 6.70. The maximum absolute atomic E-state index is 12.2. The van der Waals surface area contributed by atoms with Gasteiger partial charge in [0.25, 0.3) is 5.69 Å². The van der Waals surface area contributed by atoms with Crippen molar-refractivity contribution in [2.45, 2.75) is 40.5 Å². The molecule has 1 aromatic carbocycles. The molecule has 0 amide bonds. The molecule has 6 heteroatoms. The molecule has 0 aromatic heterocycles. The number of allylic oxidation sites excluding steroid dienone is 3. The van der Waals surface area contributed by atoms with Gasteiger partial charge in [0, 0.05) is 28.9 Å². The van der Waals surface area contributed by atoms with Crippen molar-refractivity contribution in [1.29, 1.82) is 0 Å². The van der Waals surface area contributed by atoms with Gasteiger partial charge in [-0.15, -0.1) is 0 Å². The van der Waals surface area contributed by atoms with Crippen molar-refractivity contribution in [3.8, 4) is 0 Å². The first-order valence-corrected chi connectivity index (χ1v) is 7.85. The molecular weight excluding hydrogens is 308 g/mol. The van der Waals surface area contributed by atoms with E-state index in [1.807, 2.05) is 27.7 Å². The van der Waals surface area contributed by atoms with Crippen LogP contribution in [0, 0.1) is 10.1 Å². The number of nitrogens with zero attached hydrogens (tertiary/aromatic N) is 1. The molecule has 1 unspecified atom stereocenters. The van der Waals surface area contributed by atoms with E-state index in [1.165, 1.54) is 13.2 Å². The lowest BCUT2D eigenvalue weighted by molar-refractivity contribution is -0.385. The van der Waals surface area contributed by atoms with Gasteiger partial charge >= 0.3 is 5.97 Å². The molecule has 1 aromatic rings. The Morgan fingerprint density at radius 3 is 2.29 bits per heavy atom. The molecule has 0 saturated carbocycles. The molecule has 6 nitrogen and oxygen atoms in total. The third kappa shape index (κ3) is 3.64. The zero-order valence-corrected chi connectivity index (χ0v) is 15.0. The first-order valence-electron chi connectivity index (χ1n) is 7.85. The minimum Gasteiger partial charge on any atom is -0.466 e. The van der Waals surface area contributed by atoms with Crippen LogP contribution in [0.5, 0.6) is 0 Å². The van der Waals surface area contributed by atoms with Crippen LogP contribution in [0.4, 0.5) is 5.69 Å². The topological polar surface area (TPSA) is 81.5 Å². The number of hydrogen-bond acceptors (Lipinski definition) is 5. The Labute approximate surface area is 142 Å². The van der Waals surface area contributed by atoms with Crippen LogP contribution in [0.3, 0.4) is 0 Å². The third-order valence-electron chi connectivity index (χ3n) is 3.94. The van der Waals surface area contributed by atoms with Gasteiger partial charge in [-0.2, -0.15) is 0 Å². The number of nitro groups is 1. The molecule has 0 spiro atoms. The van der Waals surface area contributed by atoms with Gasteiger partial charge in [0.05, 0.1) is 17.6 Å². The number of carbonyl (C=O) groups excluding carboxylic acids is 1.